The predicted octanol–water partition coefficient (Wildman–Crippen LogP) is 3.81. The number of alkyl halides is 3. The molecule has 1 aliphatic rings. The zero-order valence-electron chi connectivity index (χ0n) is 19.5. The van der Waals surface area contributed by atoms with E-state index in [0.717, 1.165) is 0 Å². The first-order chi connectivity index (χ1) is 17.0. The van der Waals surface area contributed by atoms with Crippen molar-refractivity contribution >= 4 is 21.4 Å². The number of anilines is 1. The number of nitrogens with zero attached hydrogens (tertiary/aromatic N) is 3. The fourth-order valence-corrected chi connectivity index (χ4v) is 5.88. The van der Waals surface area contributed by atoms with E-state index in [2.05, 4.69) is 15.3 Å². The lowest BCUT2D eigenvalue weighted by Gasteiger charge is -2.24. The number of carbonyl (C=O) groups excluding carboxylic acids is 1. The molecule has 12 heteroatoms. The molecule has 0 bridgehead atoms. The standard InChI is InChI=1S/C24H25F3N4O4S/c1-16-21(15-36(33,34)20-8-11-28-12-9-20)30-22(35-16)18-4-6-19(7-5-18)31(23(32)24(25,26)27)14-17-3-2-10-29-13-17/h2-7,10,13,20,28H,8-9,11-12,14-15H2,1H3. The summed E-state index contributed by atoms with van der Waals surface area (Å²) in [6, 6.07) is 8.83. The number of aromatic nitrogens is 2. The third-order valence-corrected chi connectivity index (χ3v) is 8.16. The maximum absolute atomic E-state index is 13.3. The Hall–Kier alpha value is -3.25. The molecule has 2 aromatic heterocycles. The number of halogens is 3. The van der Waals surface area contributed by atoms with E-state index in [9.17, 15) is 26.4 Å². The van der Waals surface area contributed by atoms with Gasteiger partial charge in [-0.2, -0.15) is 13.2 Å². The van der Waals surface area contributed by atoms with Gasteiger partial charge in [-0.3, -0.25) is 9.78 Å². The first-order valence-electron chi connectivity index (χ1n) is 11.3. The van der Waals surface area contributed by atoms with Crippen LogP contribution in [0.2, 0.25) is 0 Å². The monoisotopic (exact) mass is 522 g/mol. The molecule has 0 atom stereocenters. The second-order valence-electron chi connectivity index (χ2n) is 8.58. The largest absolute Gasteiger partial charge is 0.471 e. The summed E-state index contributed by atoms with van der Waals surface area (Å²) in [5, 5.41) is 2.70. The zero-order chi connectivity index (χ0) is 25.9. The molecule has 8 nitrogen and oxygen atoms in total. The Balaban J connectivity index is 1.56. The lowest BCUT2D eigenvalue weighted by Crippen LogP contribution is -2.40. The Morgan fingerprint density at radius 1 is 1.17 bits per heavy atom. The van der Waals surface area contributed by atoms with Crippen molar-refractivity contribution in [2.75, 3.05) is 18.0 Å². The molecule has 1 fully saturated rings. The Morgan fingerprint density at radius 3 is 2.47 bits per heavy atom. The zero-order valence-corrected chi connectivity index (χ0v) is 20.3. The molecular weight excluding hydrogens is 497 g/mol. The first-order valence-corrected chi connectivity index (χ1v) is 13.0. The van der Waals surface area contributed by atoms with Crippen LogP contribution in [0.3, 0.4) is 0 Å². The van der Waals surface area contributed by atoms with Gasteiger partial charge in [-0.15, -0.1) is 0 Å². The number of oxazole rings is 1. The Labute approximate surface area is 206 Å². The van der Waals surface area contributed by atoms with Crippen LogP contribution < -0.4 is 10.2 Å². The van der Waals surface area contributed by atoms with E-state index < -0.39 is 27.2 Å². The van der Waals surface area contributed by atoms with Crippen LogP contribution in [0, 0.1) is 6.92 Å². The van der Waals surface area contributed by atoms with E-state index in [1.54, 1.807) is 19.1 Å². The average molecular weight is 523 g/mol. The van der Waals surface area contributed by atoms with Crippen LogP contribution in [-0.4, -0.2) is 48.8 Å². The summed E-state index contributed by atoms with van der Waals surface area (Å²) in [6.45, 7) is 2.60. The van der Waals surface area contributed by atoms with Gasteiger partial charge >= 0.3 is 12.1 Å². The van der Waals surface area contributed by atoms with Gasteiger partial charge < -0.3 is 14.6 Å². The van der Waals surface area contributed by atoms with Crippen LogP contribution in [-0.2, 0) is 26.9 Å². The van der Waals surface area contributed by atoms with Gasteiger partial charge in [0, 0.05) is 23.6 Å². The summed E-state index contributed by atoms with van der Waals surface area (Å²) in [5.41, 5.74) is 1.20. The molecule has 0 saturated carbocycles. The highest BCUT2D eigenvalue weighted by Crippen LogP contribution is 2.29. The minimum Gasteiger partial charge on any atom is -0.441 e. The molecule has 1 saturated heterocycles. The average Bonchev–Trinajstić information content (AvgIpc) is 3.22. The van der Waals surface area contributed by atoms with E-state index in [0.29, 0.717) is 53.4 Å². The van der Waals surface area contributed by atoms with Gasteiger partial charge in [0.05, 0.1) is 23.2 Å². The first kappa shape index (κ1) is 25.8. The van der Waals surface area contributed by atoms with Crippen LogP contribution in [0.15, 0.2) is 53.2 Å². The molecular formula is C24H25F3N4O4S. The highest BCUT2D eigenvalue weighted by atomic mass is 32.2. The van der Waals surface area contributed by atoms with Gasteiger partial charge in [0.15, 0.2) is 9.84 Å². The lowest BCUT2D eigenvalue weighted by molar-refractivity contribution is -0.170. The molecule has 0 aliphatic carbocycles. The van der Waals surface area contributed by atoms with Gasteiger partial charge in [-0.1, -0.05) is 6.07 Å². The van der Waals surface area contributed by atoms with Crippen LogP contribution >= 0.6 is 0 Å². The SMILES string of the molecule is Cc1oc(-c2ccc(N(Cc3cccnc3)C(=O)C(F)(F)F)cc2)nc1CS(=O)(=O)C1CCNCC1. The minimum atomic E-state index is -5.06. The number of hydrogen-bond donors (Lipinski definition) is 1. The van der Waals surface area contributed by atoms with E-state index in [1.165, 1.54) is 36.7 Å². The van der Waals surface area contributed by atoms with Gasteiger partial charge in [-0.05, 0) is 68.8 Å². The summed E-state index contributed by atoms with van der Waals surface area (Å²) in [5.74, 6) is -1.74. The summed E-state index contributed by atoms with van der Waals surface area (Å²) in [4.78, 5) is 21.0. The fraction of sp³-hybridized carbons (Fsp3) is 0.375. The maximum Gasteiger partial charge on any atom is 0.471 e. The highest BCUT2D eigenvalue weighted by molar-refractivity contribution is 7.91. The minimum absolute atomic E-state index is 0.0296. The Kier molecular flexibility index (Phi) is 7.46. The van der Waals surface area contributed by atoms with E-state index in [-0.39, 0.29) is 23.9 Å². The van der Waals surface area contributed by atoms with Gasteiger partial charge in [0.25, 0.3) is 0 Å². The number of pyridine rings is 1. The Morgan fingerprint density at radius 2 is 1.86 bits per heavy atom. The number of piperidine rings is 1. The highest BCUT2D eigenvalue weighted by Gasteiger charge is 2.43. The molecule has 0 spiro atoms. The molecule has 36 heavy (non-hydrogen) atoms. The normalized spacial score (nSPS) is 15.1. The van der Waals surface area contributed by atoms with E-state index >= 15 is 0 Å². The molecule has 192 valence electrons. The van der Waals surface area contributed by atoms with Crippen molar-refractivity contribution in [1.82, 2.24) is 15.3 Å². The molecule has 0 unspecified atom stereocenters. The molecule has 0 radical (unpaired) electrons. The summed E-state index contributed by atoms with van der Waals surface area (Å²) in [7, 11) is -3.42. The topological polar surface area (TPSA) is 105 Å². The second-order valence-corrected chi connectivity index (χ2v) is 10.9. The van der Waals surface area contributed by atoms with Crippen LogP contribution in [0.5, 0.6) is 0 Å². The summed E-state index contributed by atoms with van der Waals surface area (Å²) in [6.07, 6.45) is -1.10. The van der Waals surface area contributed by atoms with Crippen LogP contribution in [0.4, 0.5) is 18.9 Å². The predicted molar refractivity (Wildman–Crippen MR) is 127 cm³/mol. The molecule has 1 amide bonds. The maximum atomic E-state index is 13.3. The van der Waals surface area contributed by atoms with Crippen LogP contribution in [0.25, 0.3) is 11.5 Å². The van der Waals surface area contributed by atoms with Crippen molar-refractivity contribution < 1.29 is 30.8 Å². The van der Waals surface area contributed by atoms with E-state index in [4.69, 9.17) is 4.42 Å². The Bertz CT molecular complexity index is 1300. The van der Waals surface area contributed by atoms with Gasteiger partial charge in [0.2, 0.25) is 5.89 Å². The third-order valence-electron chi connectivity index (χ3n) is 6.00. The van der Waals surface area contributed by atoms with Crippen molar-refractivity contribution in [2.24, 2.45) is 0 Å². The summed E-state index contributed by atoms with van der Waals surface area (Å²) >= 11 is 0. The number of rotatable bonds is 7. The third kappa shape index (κ3) is 5.93. The molecule has 3 aromatic rings. The smallest absolute Gasteiger partial charge is 0.441 e. The number of carbonyl (C=O) groups is 1. The molecule has 3 heterocycles. The fourth-order valence-electron chi connectivity index (χ4n) is 4.04. The van der Waals surface area contributed by atoms with E-state index in [1.807, 2.05) is 0 Å². The number of amides is 1. The van der Waals surface area contributed by atoms with Crippen LogP contribution in [0.1, 0.15) is 29.9 Å². The molecule has 1 aromatic carbocycles. The molecule has 1 N–H and O–H groups in total. The van der Waals surface area contributed by atoms with Crippen molar-refractivity contribution in [3.63, 3.8) is 0 Å². The lowest BCUT2D eigenvalue weighted by atomic mass is 10.1. The number of benzene rings is 1. The number of sulfone groups is 1. The van der Waals surface area contributed by atoms with Crippen molar-refractivity contribution in [3.05, 3.63) is 65.8 Å². The quantitative estimate of drug-likeness (QED) is 0.503. The number of hydrogen-bond acceptors (Lipinski definition) is 7. The summed E-state index contributed by atoms with van der Waals surface area (Å²) < 4.78 is 71.1. The molecule has 4 rings (SSSR count). The van der Waals surface area contributed by atoms with Crippen molar-refractivity contribution in [1.29, 1.82) is 0 Å². The van der Waals surface area contributed by atoms with Gasteiger partial charge in [-0.25, -0.2) is 13.4 Å². The molecule has 1 aliphatic heterocycles. The second kappa shape index (κ2) is 10.4. The van der Waals surface area contributed by atoms with Gasteiger partial charge in [0.1, 0.15) is 5.76 Å². The number of aryl methyl sites for hydroxylation is 1. The number of nitrogens with one attached hydrogen (secondary N) is 1. The van der Waals surface area contributed by atoms with Crippen molar-refractivity contribution in [3.8, 4) is 11.5 Å². The van der Waals surface area contributed by atoms with Crippen molar-refractivity contribution in [2.45, 2.75) is 43.5 Å².